The largest absolute Gasteiger partial charge is 0.493 e. The van der Waals surface area contributed by atoms with E-state index in [1.807, 2.05) is 18.2 Å². The maximum Gasteiger partial charge on any atom is 0.188 e. The summed E-state index contributed by atoms with van der Waals surface area (Å²) in [5.74, 6) is 2.60. The monoisotopic (exact) mass is 449 g/mol. The Bertz CT molecular complexity index is 531. The Kier molecular flexibility index (Phi) is 10.1. The molecule has 1 rings (SSSR count). The smallest absolute Gasteiger partial charge is 0.188 e. The van der Waals surface area contributed by atoms with E-state index in [4.69, 9.17) is 15.2 Å². The summed E-state index contributed by atoms with van der Waals surface area (Å²) >= 11 is 0. The van der Waals surface area contributed by atoms with E-state index in [-0.39, 0.29) is 29.4 Å². The molecule has 0 spiro atoms. The van der Waals surface area contributed by atoms with Crippen LogP contribution in [0.3, 0.4) is 0 Å². The second kappa shape index (κ2) is 10.6. The van der Waals surface area contributed by atoms with Crippen molar-refractivity contribution in [3.05, 3.63) is 23.8 Å². The van der Waals surface area contributed by atoms with E-state index >= 15 is 0 Å². The topological polar surface area (TPSA) is 68.9 Å². The summed E-state index contributed by atoms with van der Waals surface area (Å²) in [6, 6.07) is 5.96. The number of rotatable bonds is 8. The minimum absolute atomic E-state index is 0. The highest BCUT2D eigenvalue weighted by Crippen LogP contribution is 2.33. The Morgan fingerprint density at radius 2 is 1.83 bits per heavy atom. The van der Waals surface area contributed by atoms with Crippen molar-refractivity contribution in [1.29, 1.82) is 0 Å². The van der Waals surface area contributed by atoms with Gasteiger partial charge in [0, 0.05) is 12.0 Å². The molecule has 1 aromatic rings. The average Bonchev–Trinajstić information content (AvgIpc) is 2.52. The van der Waals surface area contributed by atoms with Crippen molar-refractivity contribution in [2.24, 2.45) is 16.6 Å². The molecule has 1 aromatic carbocycles. The molecular formula is C18H32IN3O2. The number of aliphatic imine (C=N–C) groups is 1. The summed E-state index contributed by atoms with van der Waals surface area (Å²) < 4.78 is 10.7. The molecule has 0 radical (unpaired) electrons. The third-order valence-electron chi connectivity index (χ3n) is 3.84. The molecule has 0 aliphatic heterocycles. The number of ether oxygens (including phenoxy) is 2. The third-order valence-corrected chi connectivity index (χ3v) is 3.84. The highest BCUT2D eigenvalue weighted by molar-refractivity contribution is 14.0. The first-order valence-electron chi connectivity index (χ1n) is 8.06. The van der Waals surface area contributed by atoms with Crippen LogP contribution in [-0.4, -0.2) is 33.3 Å². The number of nitrogens with one attached hydrogen (secondary N) is 1. The molecule has 0 unspecified atom stereocenters. The zero-order valence-corrected chi connectivity index (χ0v) is 18.0. The second-order valence-corrected chi connectivity index (χ2v) is 6.76. The molecule has 0 aliphatic carbocycles. The number of benzene rings is 1. The fourth-order valence-corrected chi connectivity index (χ4v) is 2.18. The standard InChI is InChI=1S/C18H31N3O2.HI/c1-13(2)9-10-20-17(19)21-12-18(3,4)14-7-8-15(22-5)16(11-14)23-6;/h7-8,11,13H,9-10,12H2,1-6H3,(H3,19,20,21);1H. The van der Waals surface area contributed by atoms with Crippen LogP contribution < -0.4 is 20.5 Å². The predicted octanol–water partition coefficient (Wildman–Crippen LogP) is 3.55. The molecule has 0 fully saturated rings. The van der Waals surface area contributed by atoms with Gasteiger partial charge in [0.05, 0.1) is 20.8 Å². The van der Waals surface area contributed by atoms with Gasteiger partial charge in [0.25, 0.3) is 0 Å². The molecule has 0 bridgehead atoms. The Morgan fingerprint density at radius 3 is 2.38 bits per heavy atom. The second-order valence-electron chi connectivity index (χ2n) is 6.76. The first-order chi connectivity index (χ1) is 10.8. The van der Waals surface area contributed by atoms with Gasteiger partial charge >= 0.3 is 0 Å². The lowest BCUT2D eigenvalue weighted by molar-refractivity contribution is 0.353. The van der Waals surface area contributed by atoms with Gasteiger partial charge in [0.2, 0.25) is 0 Å². The molecule has 0 aliphatic rings. The molecule has 0 amide bonds. The van der Waals surface area contributed by atoms with Crippen molar-refractivity contribution < 1.29 is 9.47 Å². The van der Waals surface area contributed by atoms with Gasteiger partial charge in [-0.15, -0.1) is 24.0 Å². The van der Waals surface area contributed by atoms with E-state index in [0.29, 0.717) is 18.4 Å². The number of hydrogen-bond acceptors (Lipinski definition) is 3. The molecule has 138 valence electrons. The molecule has 0 atom stereocenters. The third kappa shape index (κ3) is 7.15. The van der Waals surface area contributed by atoms with Crippen LogP contribution >= 0.6 is 24.0 Å². The van der Waals surface area contributed by atoms with Gasteiger partial charge in [0.1, 0.15) is 0 Å². The van der Waals surface area contributed by atoms with Crippen LogP contribution in [0.4, 0.5) is 0 Å². The lowest BCUT2D eigenvalue weighted by Gasteiger charge is -2.24. The van der Waals surface area contributed by atoms with Crippen LogP contribution in [0.25, 0.3) is 0 Å². The molecule has 5 nitrogen and oxygen atoms in total. The molecule has 6 heteroatoms. The molecule has 24 heavy (non-hydrogen) atoms. The van der Waals surface area contributed by atoms with Crippen LogP contribution in [0.15, 0.2) is 23.2 Å². The van der Waals surface area contributed by atoms with Gasteiger partial charge in [-0.05, 0) is 30.0 Å². The summed E-state index contributed by atoms with van der Waals surface area (Å²) in [6.07, 6.45) is 1.08. The Hall–Kier alpha value is -1.18. The van der Waals surface area contributed by atoms with E-state index in [2.05, 4.69) is 38.0 Å². The Labute approximate surface area is 163 Å². The van der Waals surface area contributed by atoms with Gasteiger partial charge in [-0.25, -0.2) is 0 Å². The number of halogens is 1. The zero-order valence-electron chi connectivity index (χ0n) is 15.7. The summed E-state index contributed by atoms with van der Waals surface area (Å²) in [5, 5.41) is 3.16. The highest BCUT2D eigenvalue weighted by Gasteiger charge is 2.22. The quantitative estimate of drug-likeness (QED) is 0.362. The molecule has 3 N–H and O–H groups in total. The minimum atomic E-state index is -0.149. The normalized spacial score (nSPS) is 11.9. The SMILES string of the molecule is COc1ccc(C(C)(C)CN=C(N)NCCC(C)C)cc1OC.I. The van der Waals surface area contributed by atoms with E-state index in [1.165, 1.54) is 0 Å². The number of nitrogens with zero attached hydrogens (tertiary/aromatic N) is 1. The number of hydrogen-bond donors (Lipinski definition) is 2. The Morgan fingerprint density at radius 1 is 1.21 bits per heavy atom. The summed E-state index contributed by atoms with van der Waals surface area (Å²) in [5.41, 5.74) is 6.93. The number of methoxy groups -OCH3 is 2. The summed E-state index contributed by atoms with van der Waals surface area (Å²) in [6.45, 7) is 10.1. The van der Waals surface area contributed by atoms with Crippen LogP contribution in [0.2, 0.25) is 0 Å². The lowest BCUT2D eigenvalue weighted by Crippen LogP contribution is -2.34. The van der Waals surface area contributed by atoms with Crippen molar-refractivity contribution in [2.45, 2.75) is 39.5 Å². The van der Waals surface area contributed by atoms with Crippen molar-refractivity contribution >= 4 is 29.9 Å². The maximum absolute atomic E-state index is 5.94. The number of nitrogens with two attached hydrogens (primary N) is 1. The van der Waals surface area contributed by atoms with Crippen LogP contribution in [0.1, 0.15) is 39.7 Å². The summed E-state index contributed by atoms with van der Waals surface area (Å²) in [4.78, 5) is 4.48. The first-order valence-corrected chi connectivity index (χ1v) is 8.06. The molecular weight excluding hydrogens is 417 g/mol. The van der Waals surface area contributed by atoms with Gasteiger partial charge in [-0.3, -0.25) is 4.99 Å². The van der Waals surface area contributed by atoms with E-state index in [9.17, 15) is 0 Å². The first kappa shape index (κ1) is 22.8. The highest BCUT2D eigenvalue weighted by atomic mass is 127. The molecule has 0 saturated heterocycles. The fraction of sp³-hybridized carbons (Fsp3) is 0.611. The van der Waals surface area contributed by atoms with Crippen molar-refractivity contribution in [2.75, 3.05) is 27.3 Å². The van der Waals surface area contributed by atoms with Crippen LogP contribution in [0, 0.1) is 5.92 Å². The Balaban J connectivity index is 0.00000529. The van der Waals surface area contributed by atoms with Gasteiger partial charge in [-0.1, -0.05) is 33.8 Å². The maximum atomic E-state index is 5.94. The van der Waals surface area contributed by atoms with Crippen LogP contribution in [-0.2, 0) is 5.41 Å². The molecule has 0 saturated carbocycles. The van der Waals surface area contributed by atoms with Gasteiger partial charge in [-0.2, -0.15) is 0 Å². The van der Waals surface area contributed by atoms with E-state index in [0.717, 1.165) is 30.0 Å². The van der Waals surface area contributed by atoms with Crippen molar-refractivity contribution in [3.8, 4) is 11.5 Å². The summed E-state index contributed by atoms with van der Waals surface area (Å²) in [7, 11) is 3.28. The minimum Gasteiger partial charge on any atom is -0.493 e. The average molecular weight is 449 g/mol. The van der Waals surface area contributed by atoms with Crippen molar-refractivity contribution in [1.82, 2.24) is 5.32 Å². The predicted molar refractivity (Wildman–Crippen MR) is 112 cm³/mol. The van der Waals surface area contributed by atoms with Crippen molar-refractivity contribution in [3.63, 3.8) is 0 Å². The molecule has 0 heterocycles. The fourth-order valence-electron chi connectivity index (χ4n) is 2.18. The van der Waals surface area contributed by atoms with Crippen LogP contribution in [0.5, 0.6) is 11.5 Å². The lowest BCUT2D eigenvalue weighted by atomic mass is 9.84. The molecule has 0 aromatic heterocycles. The van der Waals surface area contributed by atoms with E-state index in [1.54, 1.807) is 14.2 Å². The van der Waals surface area contributed by atoms with Gasteiger partial charge in [0.15, 0.2) is 17.5 Å². The van der Waals surface area contributed by atoms with E-state index < -0.39 is 0 Å². The zero-order chi connectivity index (χ0) is 17.5. The van der Waals surface area contributed by atoms with Gasteiger partial charge < -0.3 is 20.5 Å². The number of guanidine groups is 1.